The molecule has 3 N–H and O–H groups in total. The van der Waals surface area contributed by atoms with Crippen LogP contribution in [0, 0.1) is 0 Å². The van der Waals surface area contributed by atoms with Gasteiger partial charge in [0.25, 0.3) is 17.6 Å². The minimum atomic E-state index is -0.400. The van der Waals surface area contributed by atoms with E-state index in [9.17, 15) is 4.79 Å². The van der Waals surface area contributed by atoms with Gasteiger partial charge in [-0.3, -0.25) is 4.79 Å². The number of halogens is 1. The van der Waals surface area contributed by atoms with Crippen molar-refractivity contribution in [3.8, 4) is 11.5 Å². The minimum absolute atomic E-state index is 0.0129. The Balaban J connectivity index is 2.40. The lowest BCUT2D eigenvalue weighted by molar-refractivity contribution is 0.0950. The number of nitrogens with zero attached hydrogens (tertiary/aromatic N) is 2. The van der Waals surface area contributed by atoms with Gasteiger partial charge in [-0.1, -0.05) is 21.1 Å². The molecule has 0 fully saturated rings. The van der Waals surface area contributed by atoms with Crippen molar-refractivity contribution < 1.29 is 9.32 Å². The molecular formula is C10H9BrN4O2. The zero-order valence-electron chi connectivity index (χ0n) is 8.90. The molecule has 0 atom stereocenters. The van der Waals surface area contributed by atoms with Gasteiger partial charge in [-0.05, 0) is 18.2 Å². The molecule has 0 spiro atoms. The zero-order chi connectivity index (χ0) is 12.4. The van der Waals surface area contributed by atoms with Crippen LogP contribution < -0.4 is 11.1 Å². The summed E-state index contributed by atoms with van der Waals surface area (Å²) in [5.74, 6) is -0.166. The van der Waals surface area contributed by atoms with Gasteiger partial charge in [-0.25, -0.2) is 0 Å². The van der Waals surface area contributed by atoms with Crippen molar-refractivity contribution in [2.24, 2.45) is 0 Å². The molecule has 17 heavy (non-hydrogen) atoms. The summed E-state index contributed by atoms with van der Waals surface area (Å²) in [6.07, 6.45) is 0. The largest absolute Gasteiger partial charge is 0.399 e. The van der Waals surface area contributed by atoms with Crippen LogP contribution in [-0.2, 0) is 0 Å². The maximum absolute atomic E-state index is 11.3. The first kappa shape index (κ1) is 11.6. The molecule has 2 rings (SSSR count). The van der Waals surface area contributed by atoms with E-state index in [0.29, 0.717) is 11.3 Å². The molecule has 0 saturated carbocycles. The number of hydrogen-bond donors (Lipinski definition) is 2. The van der Waals surface area contributed by atoms with Gasteiger partial charge >= 0.3 is 0 Å². The van der Waals surface area contributed by atoms with Crippen molar-refractivity contribution in [2.75, 3.05) is 12.8 Å². The molecule has 6 nitrogen and oxygen atoms in total. The second kappa shape index (κ2) is 4.54. The summed E-state index contributed by atoms with van der Waals surface area (Å²) in [5, 5.41) is 5.98. The third-order valence-corrected chi connectivity index (χ3v) is 2.48. The van der Waals surface area contributed by atoms with Crippen molar-refractivity contribution in [1.29, 1.82) is 0 Å². The van der Waals surface area contributed by atoms with Crippen LogP contribution >= 0.6 is 15.9 Å². The van der Waals surface area contributed by atoms with Gasteiger partial charge in [-0.15, -0.1) is 0 Å². The summed E-state index contributed by atoms with van der Waals surface area (Å²) in [6.45, 7) is 0. The molecule has 1 aromatic heterocycles. The standard InChI is InChI=1S/C10H9BrN4O2/c1-13-9(16)8-14-10(17-15-8)5-2-6(11)4-7(12)3-5/h2-4H,12H2,1H3,(H,13,16). The fraction of sp³-hybridized carbons (Fsp3) is 0.100. The van der Waals surface area contributed by atoms with Crippen LogP contribution in [0.5, 0.6) is 0 Å². The summed E-state index contributed by atoms with van der Waals surface area (Å²) in [7, 11) is 1.50. The zero-order valence-corrected chi connectivity index (χ0v) is 10.5. The molecule has 0 aliphatic carbocycles. The van der Waals surface area contributed by atoms with E-state index in [2.05, 4.69) is 31.4 Å². The molecule has 0 aliphatic rings. The third-order valence-electron chi connectivity index (χ3n) is 2.02. The number of benzene rings is 1. The van der Waals surface area contributed by atoms with Crippen molar-refractivity contribution in [2.45, 2.75) is 0 Å². The molecule has 0 unspecified atom stereocenters. The van der Waals surface area contributed by atoms with E-state index in [1.807, 2.05) is 0 Å². The fourth-order valence-corrected chi connectivity index (χ4v) is 1.79. The predicted molar refractivity (Wildman–Crippen MR) is 65.2 cm³/mol. The van der Waals surface area contributed by atoms with E-state index in [4.69, 9.17) is 10.3 Å². The monoisotopic (exact) mass is 296 g/mol. The van der Waals surface area contributed by atoms with Crippen LogP contribution in [0.15, 0.2) is 27.2 Å². The first-order chi connectivity index (χ1) is 8.10. The van der Waals surface area contributed by atoms with Gasteiger partial charge in [0.2, 0.25) is 0 Å². The van der Waals surface area contributed by atoms with Gasteiger partial charge < -0.3 is 15.6 Å². The second-order valence-electron chi connectivity index (χ2n) is 3.28. The number of rotatable bonds is 2. The van der Waals surface area contributed by atoms with E-state index in [1.165, 1.54) is 7.05 Å². The number of carbonyl (C=O) groups is 1. The fourth-order valence-electron chi connectivity index (χ4n) is 1.28. The normalized spacial score (nSPS) is 10.2. The molecule has 2 aromatic rings. The number of hydrogen-bond acceptors (Lipinski definition) is 5. The summed E-state index contributed by atoms with van der Waals surface area (Å²) in [5.41, 5.74) is 6.91. The molecule has 0 saturated heterocycles. The number of carbonyl (C=O) groups excluding carboxylic acids is 1. The number of nitrogens with one attached hydrogen (secondary N) is 1. The van der Waals surface area contributed by atoms with Crippen molar-refractivity contribution >= 4 is 27.5 Å². The molecule has 1 aromatic carbocycles. The average molecular weight is 297 g/mol. The van der Waals surface area contributed by atoms with E-state index >= 15 is 0 Å². The summed E-state index contributed by atoms with van der Waals surface area (Å²) in [6, 6.07) is 5.21. The predicted octanol–water partition coefficient (Wildman–Crippen LogP) is 1.44. The van der Waals surface area contributed by atoms with Gasteiger partial charge in [-0.2, -0.15) is 4.98 Å². The Morgan fingerprint density at radius 2 is 2.24 bits per heavy atom. The smallest absolute Gasteiger partial charge is 0.292 e. The molecule has 7 heteroatoms. The van der Waals surface area contributed by atoms with Crippen LogP contribution in [0.3, 0.4) is 0 Å². The highest BCUT2D eigenvalue weighted by Gasteiger charge is 2.14. The highest BCUT2D eigenvalue weighted by Crippen LogP contribution is 2.24. The average Bonchev–Trinajstić information content (AvgIpc) is 2.76. The minimum Gasteiger partial charge on any atom is -0.399 e. The van der Waals surface area contributed by atoms with E-state index in [-0.39, 0.29) is 11.7 Å². The lowest BCUT2D eigenvalue weighted by atomic mass is 10.2. The third kappa shape index (κ3) is 2.44. The Bertz CT molecular complexity index is 547. The summed E-state index contributed by atoms with van der Waals surface area (Å²) < 4.78 is 5.78. The van der Waals surface area contributed by atoms with Crippen molar-refractivity contribution in [1.82, 2.24) is 15.5 Å². The molecule has 1 heterocycles. The molecule has 0 bridgehead atoms. The maximum atomic E-state index is 11.3. The quantitative estimate of drug-likeness (QED) is 0.818. The molecular weight excluding hydrogens is 288 g/mol. The second-order valence-corrected chi connectivity index (χ2v) is 4.19. The molecule has 0 aliphatic heterocycles. The summed E-state index contributed by atoms with van der Waals surface area (Å²) >= 11 is 3.31. The first-order valence-electron chi connectivity index (χ1n) is 4.72. The van der Waals surface area contributed by atoms with Crippen LogP contribution in [-0.4, -0.2) is 23.1 Å². The van der Waals surface area contributed by atoms with Crippen molar-refractivity contribution in [3.63, 3.8) is 0 Å². The van der Waals surface area contributed by atoms with E-state index in [0.717, 1.165) is 4.47 Å². The van der Waals surface area contributed by atoms with Gasteiger partial charge in [0.05, 0.1) is 0 Å². The van der Waals surface area contributed by atoms with Crippen LogP contribution in [0.4, 0.5) is 5.69 Å². The van der Waals surface area contributed by atoms with E-state index < -0.39 is 5.91 Å². The summed E-state index contributed by atoms with van der Waals surface area (Å²) in [4.78, 5) is 15.2. The number of nitrogen functional groups attached to an aromatic ring is 1. The number of amides is 1. The highest BCUT2D eigenvalue weighted by molar-refractivity contribution is 9.10. The van der Waals surface area contributed by atoms with Crippen molar-refractivity contribution in [3.05, 3.63) is 28.5 Å². The van der Waals surface area contributed by atoms with Crippen LogP contribution in [0.25, 0.3) is 11.5 Å². The molecule has 88 valence electrons. The SMILES string of the molecule is CNC(=O)c1noc(-c2cc(N)cc(Br)c2)n1. The van der Waals surface area contributed by atoms with Gasteiger partial charge in [0.15, 0.2) is 0 Å². The highest BCUT2D eigenvalue weighted by atomic mass is 79.9. The molecule has 1 amide bonds. The number of nitrogens with two attached hydrogens (primary N) is 1. The number of anilines is 1. The van der Waals surface area contributed by atoms with Gasteiger partial charge in [0, 0.05) is 22.8 Å². The maximum Gasteiger partial charge on any atom is 0.292 e. The van der Waals surface area contributed by atoms with E-state index in [1.54, 1.807) is 18.2 Å². The Labute approximate surface area is 105 Å². The van der Waals surface area contributed by atoms with Gasteiger partial charge in [0.1, 0.15) is 0 Å². The van der Waals surface area contributed by atoms with Crippen LogP contribution in [0.2, 0.25) is 0 Å². The Hall–Kier alpha value is -1.89. The Kier molecular flexibility index (Phi) is 3.10. The Morgan fingerprint density at radius 1 is 1.47 bits per heavy atom. The molecule has 0 radical (unpaired) electrons. The lowest BCUT2D eigenvalue weighted by Crippen LogP contribution is -2.19. The van der Waals surface area contributed by atoms with Crippen LogP contribution in [0.1, 0.15) is 10.6 Å². The number of aromatic nitrogens is 2. The topological polar surface area (TPSA) is 94.0 Å². The Morgan fingerprint density at radius 3 is 2.88 bits per heavy atom. The lowest BCUT2D eigenvalue weighted by Gasteiger charge is -1.98. The first-order valence-corrected chi connectivity index (χ1v) is 5.51.